The third-order valence-corrected chi connectivity index (χ3v) is 2.78. The molecule has 0 saturated carbocycles. The number of hydrogen-bond donors (Lipinski definition) is 0. The molecule has 0 aliphatic heterocycles. The molecule has 2 heteroatoms. The lowest BCUT2D eigenvalue weighted by Crippen LogP contribution is -1.95. The monoisotopic (exact) mass is 215 g/mol. The predicted molar refractivity (Wildman–Crippen MR) is 64.6 cm³/mol. The van der Waals surface area contributed by atoms with Crippen LogP contribution in [0.25, 0.3) is 0 Å². The molecule has 1 heterocycles. The quantitative estimate of drug-likeness (QED) is 0.774. The third-order valence-electron chi connectivity index (χ3n) is 2.78. The molecule has 0 bridgehead atoms. The minimum absolute atomic E-state index is 0.216. The van der Waals surface area contributed by atoms with Gasteiger partial charge < -0.3 is 4.42 Å². The van der Waals surface area contributed by atoms with Gasteiger partial charge in [-0.3, -0.25) is 0 Å². The highest BCUT2D eigenvalue weighted by Gasteiger charge is 2.15. The van der Waals surface area contributed by atoms with Crippen molar-refractivity contribution < 1.29 is 4.42 Å². The van der Waals surface area contributed by atoms with Crippen LogP contribution >= 0.6 is 0 Å². The largest absolute Gasteiger partial charge is 0.445 e. The van der Waals surface area contributed by atoms with Crippen LogP contribution < -0.4 is 0 Å². The summed E-state index contributed by atoms with van der Waals surface area (Å²) in [5, 5.41) is 0. The summed E-state index contributed by atoms with van der Waals surface area (Å²) in [4.78, 5) is 4.35. The first-order chi connectivity index (χ1) is 7.68. The van der Waals surface area contributed by atoms with E-state index in [9.17, 15) is 0 Å². The number of aromatic nitrogens is 1. The molecule has 2 rings (SSSR count). The van der Waals surface area contributed by atoms with E-state index in [1.165, 1.54) is 5.56 Å². The molecule has 0 saturated heterocycles. The Morgan fingerprint density at radius 2 is 1.75 bits per heavy atom. The van der Waals surface area contributed by atoms with Gasteiger partial charge in [0, 0.05) is 5.92 Å². The second-order valence-electron chi connectivity index (χ2n) is 4.39. The maximum atomic E-state index is 5.75. The van der Waals surface area contributed by atoms with Crippen LogP contribution in [-0.4, -0.2) is 4.98 Å². The molecule has 1 aromatic heterocycles. The van der Waals surface area contributed by atoms with Crippen LogP contribution in [-0.2, 0) is 0 Å². The van der Waals surface area contributed by atoms with Crippen molar-refractivity contribution in [2.75, 3.05) is 0 Å². The Hall–Kier alpha value is -1.57. The molecule has 0 fully saturated rings. The van der Waals surface area contributed by atoms with Crippen molar-refractivity contribution in [1.29, 1.82) is 0 Å². The maximum absolute atomic E-state index is 5.75. The fourth-order valence-corrected chi connectivity index (χ4v) is 1.65. The van der Waals surface area contributed by atoms with E-state index in [0.717, 1.165) is 11.7 Å². The molecule has 84 valence electrons. The van der Waals surface area contributed by atoms with Crippen molar-refractivity contribution in [2.45, 2.75) is 32.6 Å². The third kappa shape index (κ3) is 2.16. The highest BCUT2D eigenvalue weighted by molar-refractivity contribution is 5.23. The zero-order chi connectivity index (χ0) is 11.5. The van der Waals surface area contributed by atoms with Gasteiger partial charge in [0.1, 0.15) is 5.76 Å². The van der Waals surface area contributed by atoms with Crippen molar-refractivity contribution in [1.82, 2.24) is 4.98 Å². The first kappa shape index (κ1) is 10.9. The zero-order valence-corrected chi connectivity index (χ0v) is 9.97. The highest BCUT2D eigenvalue weighted by atomic mass is 16.4. The van der Waals surface area contributed by atoms with Gasteiger partial charge in [-0.1, -0.05) is 44.2 Å². The van der Waals surface area contributed by atoms with Crippen LogP contribution in [0.3, 0.4) is 0 Å². The van der Waals surface area contributed by atoms with Gasteiger partial charge in [0.15, 0.2) is 0 Å². The van der Waals surface area contributed by atoms with Crippen molar-refractivity contribution in [2.24, 2.45) is 0 Å². The summed E-state index contributed by atoms with van der Waals surface area (Å²) in [7, 11) is 0. The average Bonchev–Trinajstić information content (AvgIpc) is 2.78. The minimum Gasteiger partial charge on any atom is -0.445 e. The van der Waals surface area contributed by atoms with Gasteiger partial charge in [-0.15, -0.1) is 0 Å². The standard InChI is InChI=1S/C14H17NO/c1-10(2)13-9-15-14(16-13)11(3)12-7-5-4-6-8-12/h4-11H,1-3H3. The fourth-order valence-electron chi connectivity index (χ4n) is 1.65. The van der Waals surface area contributed by atoms with Gasteiger partial charge in [0.05, 0.1) is 12.1 Å². The first-order valence-corrected chi connectivity index (χ1v) is 5.69. The number of hydrogen-bond acceptors (Lipinski definition) is 2. The van der Waals surface area contributed by atoms with Crippen molar-refractivity contribution in [3.63, 3.8) is 0 Å². The topological polar surface area (TPSA) is 26.0 Å². The second kappa shape index (κ2) is 4.52. The number of rotatable bonds is 3. The summed E-state index contributed by atoms with van der Waals surface area (Å²) >= 11 is 0. The number of nitrogens with zero attached hydrogens (tertiary/aromatic N) is 1. The summed E-state index contributed by atoms with van der Waals surface area (Å²) in [6, 6.07) is 10.3. The molecule has 1 aromatic carbocycles. The lowest BCUT2D eigenvalue weighted by atomic mass is 10.0. The molecule has 0 spiro atoms. The Morgan fingerprint density at radius 3 is 2.31 bits per heavy atom. The summed E-state index contributed by atoms with van der Waals surface area (Å²) in [5.74, 6) is 2.37. The Labute approximate surface area is 96.3 Å². The maximum Gasteiger partial charge on any atom is 0.201 e. The van der Waals surface area contributed by atoms with E-state index >= 15 is 0 Å². The summed E-state index contributed by atoms with van der Waals surface area (Å²) < 4.78 is 5.75. The zero-order valence-electron chi connectivity index (χ0n) is 9.97. The van der Waals surface area contributed by atoms with Crippen LogP contribution in [0.15, 0.2) is 40.9 Å². The van der Waals surface area contributed by atoms with Crippen molar-refractivity contribution in [3.05, 3.63) is 53.7 Å². The lowest BCUT2D eigenvalue weighted by Gasteiger charge is -2.07. The Kier molecular flexibility index (Phi) is 3.09. The van der Waals surface area contributed by atoms with Crippen molar-refractivity contribution >= 4 is 0 Å². The van der Waals surface area contributed by atoms with Gasteiger partial charge in [-0.25, -0.2) is 4.98 Å². The smallest absolute Gasteiger partial charge is 0.201 e. The molecule has 1 atom stereocenters. The van der Waals surface area contributed by atoms with Crippen LogP contribution in [0.2, 0.25) is 0 Å². The SMILES string of the molecule is CC(C)c1cnc(C(C)c2ccccc2)o1. The van der Waals surface area contributed by atoms with Crippen LogP contribution in [0, 0.1) is 0 Å². The van der Waals surface area contributed by atoms with E-state index in [1.807, 2.05) is 24.4 Å². The first-order valence-electron chi connectivity index (χ1n) is 5.69. The lowest BCUT2D eigenvalue weighted by molar-refractivity contribution is 0.429. The van der Waals surface area contributed by atoms with Crippen LogP contribution in [0.4, 0.5) is 0 Å². The van der Waals surface area contributed by atoms with Gasteiger partial charge in [0.25, 0.3) is 0 Å². The number of benzene rings is 1. The molecule has 2 aromatic rings. The Bertz CT molecular complexity index is 445. The molecule has 0 aliphatic rings. The fraction of sp³-hybridized carbons (Fsp3) is 0.357. The summed E-state index contributed by atoms with van der Waals surface area (Å²) in [5.41, 5.74) is 1.24. The van der Waals surface area contributed by atoms with E-state index in [1.54, 1.807) is 0 Å². The predicted octanol–water partition coefficient (Wildman–Crippen LogP) is 3.95. The van der Waals surface area contributed by atoms with E-state index in [-0.39, 0.29) is 5.92 Å². The molecule has 0 amide bonds. The van der Waals surface area contributed by atoms with Crippen LogP contribution in [0.5, 0.6) is 0 Å². The second-order valence-corrected chi connectivity index (χ2v) is 4.39. The van der Waals surface area contributed by atoms with Gasteiger partial charge in [-0.2, -0.15) is 0 Å². The van der Waals surface area contributed by atoms with E-state index in [0.29, 0.717) is 5.92 Å². The molecule has 16 heavy (non-hydrogen) atoms. The van der Waals surface area contributed by atoms with Crippen molar-refractivity contribution in [3.8, 4) is 0 Å². The molecule has 2 nitrogen and oxygen atoms in total. The van der Waals surface area contributed by atoms with Gasteiger partial charge in [-0.05, 0) is 12.5 Å². The molecular weight excluding hydrogens is 198 g/mol. The molecule has 0 aliphatic carbocycles. The Balaban J connectivity index is 2.24. The Morgan fingerprint density at radius 1 is 1.06 bits per heavy atom. The highest BCUT2D eigenvalue weighted by Crippen LogP contribution is 2.25. The molecule has 0 radical (unpaired) electrons. The molecular formula is C14H17NO. The summed E-state index contributed by atoms with van der Waals surface area (Å²) in [6.45, 7) is 6.33. The average molecular weight is 215 g/mol. The summed E-state index contributed by atoms with van der Waals surface area (Å²) in [6.07, 6.45) is 1.83. The van der Waals surface area contributed by atoms with Crippen LogP contribution in [0.1, 0.15) is 49.8 Å². The van der Waals surface area contributed by atoms with Gasteiger partial charge >= 0.3 is 0 Å². The normalized spacial score (nSPS) is 13.0. The molecule has 0 N–H and O–H groups in total. The van der Waals surface area contributed by atoms with Gasteiger partial charge in [0.2, 0.25) is 5.89 Å². The van der Waals surface area contributed by atoms with E-state index < -0.39 is 0 Å². The van der Waals surface area contributed by atoms with E-state index in [2.05, 4.69) is 37.9 Å². The number of oxazole rings is 1. The molecule has 1 unspecified atom stereocenters. The minimum atomic E-state index is 0.216. The van der Waals surface area contributed by atoms with E-state index in [4.69, 9.17) is 4.42 Å².